The molecular weight excluding hydrogens is 306 g/mol. The molecule has 0 aliphatic rings. The van der Waals surface area contributed by atoms with Gasteiger partial charge in [0.15, 0.2) is 0 Å². The maximum atomic E-state index is 4.70. The van der Waals surface area contributed by atoms with Gasteiger partial charge in [-0.3, -0.25) is 4.99 Å². The van der Waals surface area contributed by atoms with E-state index in [1.165, 1.54) is 95.2 Å². The summed E-state index contributed by atoms with van der Waals surface area (Å²) >= 11 is 0. The Kier molecular flexibility index (Phi) is 17.2. The summed E-state index contributed by atoms with van der Waals surface area (Å²) in [5.74, 6) is 0. The first-order valence-electron chi connectivity index (χ1n) is 10.9. The molecule has 24 heavy (non-hydrogen) atoms. The molecule has 0 fully saturated rings. The molecule has 0 bridgehead atoms. The van der Waals surface area contributed by atoms with Gasteiger partial charge >= 0.3 is 0 Å². The van der Waals surface area contributed by atoms with Crippen molar-refractivity contribution in [3.63, 3.8) is 0 Å². The Bertz CT molecular complexity index is 292. The molecule has 0 saturated carbocycles. The smallest absolute Gasteiger partial charge is 0.0822 e. The first-order chi connectivity index (χ1) is 11.7. The van der Waals surface area contributed by atoms with E-state index in [0.29, 0.717) is 0 Å². The third-order valence-electron chi connectivity index (χ3n) is 5.20. The summed E-state index contributed by atoms with van der Waals surface area (Å²) in [5, 5.41) is 0. The first-order valence-corrected chi connectivity index (χ1v) is 13.6. The SMILES string of the molecule is C=C[Si](CC=NCCCCCCCCCCCC)(CCC)CCC. The van der Waals surface area contributed by atoms with Crippen molar-refractivity contribution in [2.45, 2.75) is 116 Å². The lowest BCUT2D eigenvalue weighted by atomic mass is 10.1. The van der Waals surface area contributed by atoms with E-state index >= 15 is 0 Å². The van der Waals surface area contributed by atoms with Crippen LogP contribution in [0, 0.1) is 0 Å². The van der Waals surface area contributed by atoms with E-state index in [4.69, 9.17) is 4.99 Å². The third kappa shape index (κ3) is 13.0. The Balaban J connectivity index is 3.62. The van der Waals surface area contributed by atoms with Gasteiger partial charge in [0.2, 0.25) is 0 Å². The quantitative estimate of drug-likeness (QED) is 0.135. The normalized spacial score (nSPS) is 12.1. The van der Waals surface area contributed by atoms with E-state index in [-0.39, 0.29) is 0 Å². The van der Waals surface area contributed by atoms with Gasteiger partial charge in [0.25, 0.3) is 0 Å². The minimum Gasteiger partial charge on any atom is -0.298 e. The van der Waals surface area contributed by atoms with Crippen molar-refractivity contribution in [2.24, 2.45) is 4.99 Å². The Morgan fingerprint density at radius 2 is 1.21 bits per heavy atom. The second-order valence-electron chi connectivity index (χ2n) is 7.54. The van der Waals surface area contributed by atoms with Crippen LogP contribution in [0.2, 0.25) is 18.1 Å². The standard InChI is InChI=1S/C22H45NSi/c1-5-9-10-11-12-13-14-15-16-17-18-23-19-22-24(8-4,20-6-2)21-7-3/h8,19H,4-7,9-18,20-22H2,1-3H3. The van der Waals surface area contributed by atoms with Gasteiger partial charge in [-0.05, 0) is 18.7 Å². The molecule has 0 spiro atoms. The summed E-state index contributed by atoms with van der Waals surface area (Å²) in [6.07, 6.45) is 18.8. The highest BCUT2D eigenvalue weighted by molar-refractivity contribution is 6.86. The fourth-order valence-electron chi connectivity index (χ4n) is 3.64. The van der Waals surface area contributed by atoms with E-state index < -0.39 is 8.07 Å². The molecule has 0 N–H and O–H groups in total. The van der Waals surface area contributed by atoms with E-state index in [1.807, 2.05) is 0 Å². The van der Waals surface area contributed by atoms with E-state index in [0.717, 1.165) is 6.54 Å². The maximum Gasteiger partial charge on any atom is 0.0822 e. The lowest BCUT2D eigenvalue weighted by molar-refractivity contribution is 0.558. The van der Waals surface area contributed by atoms with Gasteiger partial charge in [-0.1, -0.05) is 103 Å². The minimum atomic E-state index is -1.26. The van der Waals surface area contributed by atoms with Crippen LogP contribution >= 0.6 is 0 Å². The van der Waals surface area contributed by atoms with Gasteiger partial charge in [-0.2, -0.15) is 0 Å². The van der Waals surface area contributed by atoms with Crippen molar-refractivity contribution in [3.05, 3.63) is 12.3 Å². The summed E-state index contributed by atoms with van der Waals surface area (Å²) in [4.78, 5) is 4.70. The number of hydrogen-bond acceptors (Lipinski definition) is 1. The van der Waals surface area contributed by atoms with Gasteiger partial charge in [-0.25, -0.2) is 0 Å². The van der Waals surface area contributed by atoms with Crippen molar-refractivity contribution in [1.82, 2.24) is 0 Å². The minimum absolute atomic E-state index is 1.04. The molecule has 0 unspecified atom stereocenters. The van der Waals surface area contributed by atoms with E-state index in [1.54, 1.807) is 0 Å². The molecule has 0 aliphatic carbocycles. The molecule has 0 atom stereocenters. The lowest BCUT2D eigenvalue weighted by Crippen LogP contribution is -2.31. The highest BCUT2D eigenvalue weighted by atomic mass is 28.3. The van der Waals surface area contributed by atoms with Crippen molar-refractivity contribution in [2.75, 3.05) is 6.54 Å². The summed E-state index contributed by atoms with van der Waals surface area (Å²) < 4.78 is 0. The van der Waals surface area contributed by atoms with Crippen LogP contribution in [0.3, 0.4) is 0 Å². The molecule has 0 aromatic heterocycles. The number of hydrogen-bond donors (Lipinski definition) is 0. The molecule has 0 rings (SSSR count). The lowest BCUT2D eigenvalue weighted by Gasteiger charge is -2.25. The molecule has 0 aromatic rings. The molecule has 0 aliphatic heterocycles. The van der Waals surface area contributed by atoms with Crippen LogP contribution in [0.15, 0.2) is 17.3 Å². The fourth-order valence-corrected chi connectivity index (χ4v) is 7.36. The highest BCUT2D eigenvalue weighted by Gasteiger charge is 2.25. The van der Waals surface area contributed by atoms with Gasteiger partial charge in [0.05, 0.1) is 8.07 Å². The molecule has 0 saturated heterocycles. The molecule has 0 heterocycles. The topological polar surface area (TPSA) is 12.4 Å². The molecule has 0 radical (unpaired) electrons. The maximum absolute atomic E-state index is 4.70. The molecule has 1 nitrogen and oxygen atoms in total. The first kappa shape index (κ1) is 23.6. The Morgan fingerprint density at radius 1 is 0.708 bits per heavy atom. The predicted octanol–water partition coefficient (Wildman–Crippen LogP) is 7.97. The summed E-state index contributed by atoms with van der Waals surface area (Å²) in [6, 6.07) is 3.99. The van der Waals surface area contributed by atoms with E-state index in [2.05, 4.69) is 39.3 Å². The molecule has 2 heteroatoms. The largest absolute Gasteiger partial charge is 0.298 e. The number of nitrogens with zero attached hydrogens (tertiary/aromatic N) is 1. The van der Waals surface area contributed by atoms with Crippen molar-refractivity contribution >= 4 is 14.3 Å². The second-order valence-corrected chi connectivity index (χ2v) is 12.1. The Hall–Kier alpha value is -0.373. The number of unbranched alkanes of at least 4 members (excludes halogenated alkanes) is 9. The van der Waals surface area contributed by atoms with Crippen molar-refractivity contribution < 1.29 is 0 Å². The molecule has 142 valence electrons. The highest BCUT2D eigenvalue weighted by Crippen LogP contribution is 2.24. The third-order valence-corrected chi connectivity index (χ3v) is 10.0. The van der Waals surface area contributed by atoms with E-state index in [9.17, 15) is 0 Å². The average Bonchev–Trinajstić information content (AvgIpc) is 2.59. The monoisotopic (exact) mass is 351 g/mol. The van der Waals surface area contributed by atoms with Crippen LogP contribution in [-0.4, -0.2) is 20.8 Å². The van der Waals surface area contributed by atoms with Crippen LogP contribution in [-0.2, 0) is 0 Å². The summed E-state index contributed by atoms with van der Waals surface area (Å²) in [5.41, 5.74) is 2.33. The molecule has 0 aromatic carbocycles. The number of aliphatic imine (C=N–C) groups is 1. The van der Waals surface area contributed by atoms with Crippen LogP contribution < -0.4 is 0 Å². The zero-order valence-electron chi connectivity index (χ0n) is 17.1. The van der Waals surface area contributed by atoms with Gasteiger partial charge in [0, 0.05) is 6.54 Å². The van der Waals surface area contributed by atoms with Gasteiger partial charge in [0.1, 0.15) is 0 Å². The molecule has 0 amide bonds. The van der Waals surface area contributed by atoms with Crippen molar-refractivity contribution in [1.29, 1.82) is 0 Å². The van der Waals surface area contributed by atoms with Crippen molar-refractivity contribution in [3.8, 4) is 0 Å². The van der Waals surface area contributed by atoms with Crippen LogP contribution in [0.25, 0.3) is 0 Å². The van der Waals surface area contributed by atoms with Gasteiger partial charge in [-0.15, -0.1) is 12.3 Å². The zero-order chi connectivity index (χ0) is 17.9. The molecular formula is C22H45NSi. The average molecular weight is 352 g/mol. The summed E-state index contributed by atoms with van der Waals surface area (Å²) in [7, 11) is -1.26. The van der Waals surface area contributed by atoms with Crippen LogP contribution in [0.4, 0.5) is 0 Å². The Morgan fingerprint density at radius 3 is 1.67 bits per heavy atom. The predicted molar refractivity (Wildman–Crippen MR) is 116 cm³/mol. The fraction of sp³-hybridized carbons (Fsp3) is 0.864. The number of rotatable bonds is 18. The van der Waals surface area contributed by atoms with Crippen LogP contribution in [0.1, 0.15) is 97.8 Å². The van der Waals surface area contributed by atoms with Crippen LogP contribution in [0.5, 0.6) is 0 Å². The Labute approximate surface area is 154 Å². The van der Waals surface area contributed by atoms with Gasteiger partial charge < -0.3 is 0 Å². The second kappa shape index (κ2) is 17.4. The summed E-state index contributed by atoms with van der Waals surface area (Å²) in [6.45, 7) is 12.1. The zero-order valence-corrected chi connectivity index (χ0v) is 18.1.